The minimum absolute atomic E-state index is 0.477. The highest BCUT2D eigenvalue weighted by atomic mass is 32.1. The lowest BCUT2D eigenvalue weighted by molar-refractivity contribution is -0.353. The summed E-state index contributed by atoms with van der Waals surface area (Å²) in [5, 5.41) is 117. The number of hydrogen-bond donors (Lipinski definition) is 12. The summed E-state index contributed by atoms with van der Waals surface area (Å²) in [6.07, 6.45) is -19.7. The van der Waals surface area contributed by atoms with E-state index in [2.05, 4.69) is 12.6 Å². The number of aliphatic hydroxyl groups excluding tert-OH is 8. The van der Waals surface area contributed by atoms with E-state index in [1.807, 2.05) is 0 Å². The van der Waals surface area contributed by atoms with Gasteiger partial charge in [0, 0.05) is 17.6 Å². The van der Waals surface area contributed by atoms with Gasteiger partial charge in [-0.3, -0.25) is 14.4 Å². The van der Waals surface area contributed by atoms with Crippen LogP contribution in [-0.2, 0) is 23.7 Å². The number of Topliss-reactive ketones (excluding diaryl/α,β-unsaturated/α-hetero) is 3. The third-order valence-corrected chi connectivity index (χ3v) is 10.5. The number of phenols is 1. The Labute approximate surface area is 287 Å². The fourth-order valence-electron chi connectivity index (χ4n) is 7.18. The van der Waals surface area contributed by atoms with Crippen LogP contribution in [0.4, 0.5) is 0 Å². The number of fused-ring (bicyclic) bond motifs is 3. The molecule has 18 nitrogen and oxygen atoms in total. The summed E-state index contributed by atoms with van der Waals surface area (Å²) in [5.41, 5.74) is -11.9. The van der Waals surface area contributed by atoms with Gasteiger partial charge >= 0.3 is 0 Å². The lowest BCUT2D eigenvalue weighted by atomic mass is 9.55. The van der Waals surface area contributed by atoms with Gasteiger partial charge in [-0.25, -0.2) is 0 Å². The SMILES string of the molecule is C[C@]1(O)C[C@]2(O[C@H]3O[C@H](CO)[C@@H](O)[C@H](O)[C@H]3O)C(O[C@H]3O[C@H](CO)[C@@H](O)[C@H](O)[C@H]3S)=CC3=C(C(=O)c4cccc(O)c4C3=O)[C@@]2(O)C(=O)[C@H]1O. The maximum atomic E-state index is 14.3. The molecule has 50 heavy (non-hydrogen) atoms. The van der Waals surface area contributed by atoms with Crippen molar-refractivity contribution in [1.29, 1.82) is 0 Å². The lowest BCUT2D eigenvalue weighted by Crippen LogP contribution is -2.77. The number of aliphatic hydroxyl groups is 10. The minimum Gasteiger partial charge on any atom is -0.507 e. The second-order valence-corrected chi connectivity index (χ2v) is 13.7. The maximum absolute atomic E-state index is 14.3. The summed E-state index contributed by atoms with van der Waals surface area (Å²) < 4.78 is 23.2. The molecule has 0 radical (unpaired) electrons. The Morgan fingerprint density at radius 3 is 2.08 bits per heavy atom. The number of allylic oxidation sites excluding steroid dienone is 2. The molecule has 1 aromatic rings. The van der Waals surface area contributed by atoms with Gasteiger partial charge in [-0.2, -0.15) is 12.6 Å². The van der Waals surface area contributed by atoms with Gasteiger partial charge in [-0.15, -0.1) is 0 Å². The molecule has 14 atom stereocenters. The van der Waals surface area contributed by atoms with Crippen molar-refractivity contribution in [2.24, 2.45) is 0 Å². The molecular formula is C31H36O18S. The lowest BCUT2D eigenvalue weighted by Gasteiger charge is -2.58. The molecule has 2 saturated heterocycles. The average Bonchev–Trinajstić information content (AvgIpc) is 3.07. The van der Waals surface area contributed by atoms with Gasteiger partial charge in [0.15, 0.2) is 29.1 Å². The first-order chi connectivity index (χ1) is 23.4. The Bertz CT molecular complexity index is 1660. The standard InChI is InChI=1S/C31H36O18S/c1-29(44)8-30(49-27-23(41)21(39)19(37)12(6-32)46-27)14(48-28-24(50)22(40)20(38)13(7-33)47-28)5-10-16(31(30,45)26(43)25(29)42)18(36)9-3-2-4-11(34)15(9)17(10)35/h2-5,12-13,19-25,27-28,32-34,37-42,44-45,50H,6-8H2,1H3/t12-,13-,19-,20-,21+,22+,23-,24-,25-,27-,28-,29+,30+,31-/m1/s1. The van der Waals surface area contributed by atoms with E-state index in [4.69, 9.17) is 18.9 Å². The summed E-state index contributed by atoms with van der Waals surface area (Å²) in [4.78, 5) is 42.5. The molecule has 2 heterocycles. The van der Waals surface area contributed by atoms with Gasteiger partial charge in [0.1, 0.15) is 60.3 Å². The highest BCUT2D eigenvalue weighted by Gasteiger charge is 2.75. The van der Waals surface area contributed by atoms with Crippen LogP contribution in [0, 0.1) is 0 Å². The molecule has 6 rings (SSSR count). The highest BCUT2D eigenvalue weighted by Crippen LogP contribution is 2.57. The fourth-order valence-corrected chi connectivity index (χ4v) is 7.49. The second kappa shape index (κ2) is 12.7. The van der Waals surface area contributed by atoms with Crippen molar-refractivity contribution in [3.63, 3.8) is 0 Å². The Hall–Kier alpha value is -2.86. The van der Waals surface area contributed by atoms with Crippen molar-refractivity contribution in [1.82, 2.24) is 0 Å². The number of ether oxygens (including phenoxy) is 4. The molecule has 19 heteroatoms. The summed E-state index contributed by atoms with van der Waals surface area (Å²) in [6.45, 7) is -0.887. The van der Waals surface area contributed by atoms with Crippen molar-refractivity contribution >= 4 is 30.0 Å². The second-order valence-electron chi connectivity index (χ2n) is 13.1. The molecule has 0 unspecified atom stereocenters. The van der Waals surface area contributed by atoms with Crippen molar-refractivity contribution < 1.29 is 89.5 Å². The number of ketones is 3. The van der Waals surface area contributed by atoms with Crippen LogP contribution < -0.4 is 0 Å². The van der Waals surface area contributed by atoms with Gasteiger partial charge in [-0.1, -0.05) is 12.1 Å². The molecule has 1 saturated carbocycles. The van der Waals surface area contributed by atoms with Crippen LogP contribution in [0.2, 0.25) is 0 Å². The zero-order valence-corrected chi connectivity index (χ0v) is 26.9. The fraction of sp³-hybridized carbons (Fsp3) is 0.581. The van der Waals surface area contributed by atoms with E-state index in [1.165, 1.54) is 6.07 Å². The van der Waals surface area contributed by atoms with Crippen LogP contribution in [0.3, 0.4) is 0 Å². The summed E-state index contributed by atoms with van der Waals surface area (Å²) in [6, 6.07) is 3.41. The molecule has 1 aromatic carbocycles. The monoisotopic (exact) mass is 728 g/mol. The van der Waals surface area contributed by atoms with Crippen LogP contribution >= 0.6 is 12.6 Å². The molecule has 11 N–H and O–H groups in total. The quantitative estimate of drug-likeness (QED) is 0.122. The van der Waals surface area contributed by atoms with E-state index in [9.17, 15) is 70.6 Å². The molecule has 274 valence electrons. The van der Waals surface area contributed by atoms with Gasteiger partial charge in [0.25, 0.3) is 0 Å². The first-order valence-electron chi connectivity index (χ1n) is 15.4. The number of hydrogen-bond acceptors (Lipinski definition) is 19. The third kappa shape index (κ3) is 5.11. The number of carbonyl (C=O) groups excluding carboxylic acids is 3. The Kier molecular flexibility index (Phi) is 9.35. The molecule has 0 amide bonds. The summed E-state index contributed by atoms with van der Waals surface area (Å²) >= 11 is 4.24. The van der Waals surface area contributed by atoms with Crippen molar-refractivity contribution in [2.45, 2.75) is 96.8 Å². The van der Waals surface area contributed by atoms with Gasteiger partial charge in [-0.05, 0) is 19.1 Å². The third-order valence-electron chi connectivity index (χ3n) is 9.93. The molecule has 0 bridgehead atoms. The topological polar surface area (TPSA) is 311 Å². The molecular weight excluding hydrogens is 692 g/mol. The smallest absolute Gasteiger partial charge is 0.214 e. The average molecular weight is 729 g/mol. The molecule has 5 aliphatic rings. The number of aromatic hydroxyl groups is 1. The summed E-state index contributed by atoms with van der Waals surface area (Å²) in [7, 11) is 0. The van der Waals surface area contributed by atoms with Gasteiger partial charge in [0.05, 0.1) is 35.2 Å². The minimum atomic E-state index is -3.54. The first-order valence-corrected chi connectivity index (χ1v) is 15.9. The van der Waals surface area contributed by atoms with E-state index >= 15 is 0 Å². The predicted molar refractivity (Wildman–Crippen MR) is 162 cm³/mol. The first kappa shape index (κ1) is 36.9. The van der Waals surface area contributed by atoms with E-state index in [1.54, 1.807) is 0 Å². The molecule has 2 aliphatic heterocycles. The van der Waals surface area contributed by atoms with Crippen molar-refractivity contribution in [3.05, 3.63) is 52.3 Å². The van der Waals surface area contributed by atoms with Crippen molar-refractivity contribution in [3.8, 4) is 5.75 Å². The Morgan fingerprint density at radius 2 is 1.46 bits per heavy atom. The maximum Gasteiger partial charge on any atom is 0.214 e. The zero-order valence-electron chi connectivity index (χ0n) is 26.0. The number of thiol groups is 1. The number of rotatable bonds is 6. The van der Waals surface area contributed by atoms with Crippen LogP contribution in [0.5, 0.6) is 5.75 Å². The molecule has 0 spiro atoms. The zero-order chi connectivity index (χ0) is 36.8. The van der Waals surface area contributed by atoms with Gasteiger partial charge < -0.3 is 75.1 Å². The molecule has 0 aromatic heterocycles. The van der Waals surface area contributed by atoms with E-state index in [0.29, 0.717) is 0 Å². The molecule has 3 fully saturated rings. The van der Waals surface area contributed by atoms with Crippen LogP contribution in [0.25, 0.3) is 0 Å². The normalized spacial score (nSPS) is 44.7. The van der Waals surface area contributed by atoms with E-state index < -0.39 is 154 Å². The van der Waals surface area contributed by atoms with Crippen LogP contribution in [-0.4, -0.2) is 170 Å². The van der Waals surface area contributed by atoms with Crippen molar-refractivity contribution in [2.75, 3.05) is 13.2 Å². The largest absolute Gasteiger partial charge is 0.507 e. The predicted octanol–water partition coefficient (Wildman–Crippen LogP) is -4.91. The van der Waals surface area contributed by atoms with Gasteiger partial charge in [0.2, 0.25) is 12.1 Å². The highest BCUT2D eigenvalue weighted by molar-refractivity contribution is 7.81. The Morgan fingerprint density at radius 1 is 0.860 bits per heavy atom. The van der Waals surface area contributed by atoms with Crippen LogP contribution in [0.1, 0.15) is 34.1 Å². The number of carbonyl (C=O) groups is 3. The van der Waals surface area contributed by atoms with Crippen LogP contribution in [0.15, 0.2) is 41.2 Å². The summed E-state index contributed by atoms with van der Waals surface area (Å²) in [5.74, 6) is -5.58. The number of phenolic OH excluding ortho intramolecular Hbond substituents is 1. The molecule has 3 aliphatic carbocycles. The van der Waals surface area contributed by atoms with E-state index in [-0.39, 0.29) is 0 Å². The number of benzene rings is 1. The van der Waals surface area contributed by atoms with E-state index in [0.717, 1.165) is 25.1 Å². The Balaban J connectivity index is 1.61.